The number of fused-ring (bicyclic) bond motifs is 1. The summed E-state index contributed by atoms with van der Waals surface area (Å²) < 4.78 is 28.1. The first-order valence-corrected chi connectivity index (χ1v) is 13.6. The second-order valence-corrected chi connectivity index (χ2v) is 11.0. The first-order chi connectivity index (χ1) is 14.3. The van der Waals surface area contributed by atoms with Crippen molar-refractivity contribution in [2.24, 2.45) is 0 Å². The van der Waals surface area contributed by atoms with Crippen LogP contribution in [0.3, 0.4) is 0 Å². The summed E-state index contributed by atoms with van der Waals surface area (Å²) in [5.74, 6) is 0.409. The Balaban J connectivity index is 1.76. The summed E-state index contributed by atoms with van der Waals surface area (Å²) in [7, 11) is 0.196. The van der Waals surface area contributed by atoms with Crippen molar-refractivity contribution in [2.75, 3.05) is 26.9 Å². The number of ether oxygens (including phenoxy) is 1. The van der Waals surface area contributed by atoms with E-state index in [1.54, 1.807) is 10.6 Å². The van der Waals surface area contributed by atoms with Crippen molar-refractivity contribution in [1.82, 2.24) is 14.5 Å². The van der Waals surface area contributed by atoms with Gasteiger partial charge in [-0.2, -0.15) is 5.26 Å². The van der Waals surface area contributed by atoms with Gasteiger partial charge >= 0.3 is 6.72 Å². The molecule has 0 aliphatic carbocycles. The Hall–Kier alpha value is -0.740. The van der Waals surface area contributed by atoms with E-state index in [0.717, 1.165) is 0 Å². The SMILES string of the molecule is COP(S)OCCn1c(COP(O)(=S)OC2COCC2O)nc2cc(C#N)cnc21. The third-order valence-electron chi connectivity index (χ3n) is 4.09. The Labute approximate surface area is 184 Å². The number of nitrogens with zero attached hydrogens (tertiary/aromatic N) is 4. The Morgan fingerprint density at radius 3 is 3.00 bits per heavy atom. The lowest BCUT2D eigenvalue weighted by Crippen LogP contribution is -2.26. The first-order valence-electron chi connectivity index (χ1n) is 8.66. The van der Waals surface area contributed by atoms with Crippen molar-refractivity contribution in [1.29, 1.82) is 5.26 Å². The van der Waals surface area contributed by atoms with Gasteiger partial charge in [-0.25, -0.2) is 9.97 Å². The molecule has 15 heteroatoms. The molecule has 164 valence electrons. The summed E-state index contributed by atoms with van der Waals surface area (Å²) in [6.07, 6.45) is -0.194. The molecule has 0 aromatic carbocycles. The number of hydrogen-bond acceptors (Lipinski definition) is 11. The summed E-state index contributed by atoms with van der Waals surface area (Å²) in [5, 5.41) is 18.9. The van der Waals surface area contributed by atoms with Crippen LogP contribution in [0.5, 0.6) is 0 Å². The first kappa shape index (κ1) is 23.9. The van der Waals surface area contributed by atoms with Crippen molar-refractivity contribution in [3.63, 3.8) is 0 Å². The molecule has 2 aromatic rings. The molecule has 4 unspecified atom stereocenters. The maximum atomic E-state index is 10.4. The predicted octanol–water partition coefficient (Wildman–Crippen LogP) is 1.63. The van der Waals surface area contributed by atoms with Crippen LogP contribution in [-0.4, -0.2) is 63.7 Å². The summed E-state index contributed by atoms with van der Waals surface area (Å²) >= 11 is 9.20. The second-order valence-electron chi connectivity index (χ2n) is 6.10. The van der Waals surface area contributed by atoms with E-state index < -0.39 is 26.5 Å². The second kappa shape index (κ2) is 10.7. The quantitative estimate of drug-likeness (QED) is 0.328. The number of hydrogen-bond donors (Lipinski definition) is 3. The Morgan fingerprint density at radius 2 is 2.33 bits per heavy atom. The van der Waals surface area contributed by atoms with Crippen LogP contribution in [-0.2, 0) is 47.8 Å². The molecule has 1 fully saturated rings. The number of thiol groups is 1. The highest BCUT2D eigenvalue weighted by molar-refractivity contribution is 8.41. The van der Waals surface area contributed by atoms with Gasteiger partial charge in [-0.05, 0) is 17.9 Å². The standard InChI is InChI=1S/C15H20N4O7P2S2/c1-22-27(29)24-3-2-19-14(18-11-4-10(5-16)6-17-15(11)19)9-25-28(21,30)26-13-8-23-7-12(13)20/h4,6,12-13,20,29H,2-3,7-9H2,1H3,(H,21,30). The van der Waals surface area contributed by atoms with Crippen molar-refractivity contribution < 1.29 is 32.8 Å². The molecule has 3 rings (SSSR count). The van der Waals surface area contributed by atoms with E-state index in [4.69, 9.17) is 39.9 Å². The summed E-state index contributed by atoms with van der Waals surface area (Å²) in [6.45, 7) is -3.00. The third kappa shape index (κ3) is 6.16. The predicted molar refractivity (Wildman–Crippen MR) is 114 cm³/mol. The van der Waals surface area contributed by atoms with E-state index in [2.05, 4.69) is 22.2 Å². The molecule has 1 saturated heterocycles. The molecule has 0 saturated carbocycles. The van der Waals surface area contributed by atoms with E-state index in [1.165, 1.54) is 13.3 Å². The lowest BCUT2D eigenvalue weighted by molar-refractivity contribution is 0.0539. The Kier molecular flexibility index (Phi) is 8.55. The van der Waals surface area contributed by atoms with E-state index >= 15 is 0 Å². The zero-order valence-electron chi connectivity index (χ0n) is 15.8. The summed E-state index contributed by atoms with van der Waals surface area (Å²) in [4.78, 5) is 19.1. The zero-order valence-corrected chi connectivity index (χ0v) is 19.3. The van der Waals surface area contributed by atoms with Gasteiger partial charge in [0.05, 0.1) is 25.4 Å². The molecule has 0 amide bonds. The van der Waals surface area contributed by atoms with Crippen LogP contribution in [0.1, 0.15) is 11.4 Å². The van der Waals surface area contributed by atoms with Gasteiger partial charge in [-0.3, -0.25) is 0 Å². The van der Waals surface area contributed by atoms with Gasteiger partial charge in [0.15, 0.2) is 5.65 Å². The molecule has 2 aromatic heterocycles. The largest absolute Gasteiger partial charge is 0.388 e. The lowest BCUT2D eigenvalue weighted by atomic mass is 10.3. The Morgan fingerprint density at radius 1 is 1.53 bits per heavy atom. The van der Waals surface area contributed by atoms with Crippen LogP contribution in [0.25, 0.3) is 11.2 Å². The number of imidazole rings is 1. The lowest BCUT2D eigenvalue weighted by Gasteiger charge is -2.21. The van der Waals surface area contributed by atoms with E-state index in [-0.39, 0.29) is 26.4 Å². The molecule has 1 aliphatic heterocycles. The normalized spacial score (nSPS) is 22.1. The van der Waals surface area contributed by atoms with Gasteiger partial charge in [0.2, 0.25) is 7.58 Å². The maximum absolute atomic E-state index is 10.4. The fraction of sp³-hybridized carbons (Fsp3) is 0.533. The van der Waals surface area contributed by atoms with Crippen LogP contribution in [0.2, 0.25) is 0 Å². The molecule has 30 heavy (non-hydrogen) atoms. The summed E-state index contributed by atoms with van der Waals surface area (Å²) in [6, 6.07) is 3.61. The minimum absolute atomic E-state index is 0.109. The van der Waals surface area contributed by atoms with Crippen LogP contribution in [0.4, 0.5) is 0 Å². The monoisotopic (exact) mass is 494 g/mol. The minimum Gasteiger partial charge on any atom is -0.388 e. The molecule has 1 aliphatic rings. The van der Waals surface area contributed by atoms with Crippen molar-refractivity contribution in [3.8, 4) is 6.07 Å². The number of nitriles is 1. The molecule has 3 heterocycles. The molecule has 11 nitrogen and oxygen atoms in total. The molecule has 0 radical (unpaired) electrons. The topological polar surface area (TPSA) is 141 Å². The van der Waals surface area contributed by atoms with Gasteiger partial charge in [-0.1, -0.05) is 12.2 Å². The minimum atomic E-state index is -3.66. The highest BCUT2D eigenvalue weighted by atomic mass is 32.7. The van der Waals surface area contributed by atoms with Crippen LogP contribution < -0.4 is 0 Å². The third-order valence-corrected chi connectivity index (χ3v) is 7.21. The zero-order chi connectivity index (χ0) is 21.7. The van der Waals surface area contributed by atoms with Gasteiger partial charge in [0, 0.05) is 19.9 Å². The van der Waals surface area contributed by atoms with Crippen molar-refractivity contribution >= 4 is 49.5 Å². The number of aliphatic hydroxyl groups is 1. The van der Waals surface area contributed by atoms with Gasteiger partial charge in [0.1, 0.15) is 36.2 Å². The van der Waals surface area contributed by atoms with Gasteiger partial charge < -0.3 is 37.4 Å². The molecule has 4 atom stereocenters. The highest BCUT2D eigenvalue weighted by Crippen LogP contribution is 2.47. The van der Waals surface area contributed by atoms with Gasteiger partial charge in [-0.15, -0.1) is 0 Å². The maximum Gasteiger partial charge on any atom is 0.325 e. The van der Waals surface area contributed by atoms with Crippen LogP contribution in [0, 0.1) is 11.3 Å². The fourth-order valence-electron chi connectivity index (χ4n) is 2.69. The number of pyridine rings is 1. The molecular weight excluding hydrogens is 474 g/mol. The highest BCUT2D eigenvalue weighted by Gasteiger charge is 2.33. The number of aliphatic hydroxyl groups excluding tert-OH is 1. The van der Waals surface area contributed by atoms with Crippen LogP contribution >= 0.6 is 26.5 Å². The molecule has 0 bridgehead atoms. The fourth-order valence-corrected chi connectivity index (χ4v) is 4.65. The molecule has 2 N–H and O–H groups in total. The van der Waals surface area contributed by atoms with E-state index in [9.17, 15) is 10.00 Å². The van der Waals surface area contributed by atoms with E-state index in [1.807, 2.05) is 6.07 Å². The smallest absolute Gasteiger partial charge is 0.325 e. The van der Waals surface area contributed by atoms with Crippen molar-refractivity contribution in [2.45, 2.75) is 25.4 Å². The summed E-state index contributed by atoms with van der Waals surface area (Å²) in [5.41, 5.74) is 1.36. The number of aromatic nitrogens is 3. The Bertz CT molecular complexity index is 972. The average molecular weight is 494 g/mol. The van der Waals surface area contributed by atoms with Gasteiger partial charge in [0.25, 0.3) is 0 Å². The number of rotatable bonds is 10. The van der Waals surface area contributed by atoms with Crippen LogP contribution in [0.15, 0.2) is 12.3 Å². The molecular formula is C15H20N4O7P2S2. The molecule has 0 spiro atoms. The van der Waals surface area contributed by atoms with E-state index in [0.29, 0.717) is 29.1 Å². The van der Waals surface area contributed by atoms with Crippen molar-refractivity contribution in [3.05, 3.63) is 23.7 Å². The average Bonchev–Trinajstić information content (AvgIpc) is 3.28.